The molecule has 2 aromatic carbocycles. The summed E-state index contributed by atoms with van der Waals surface area (Å²) in [6.07, 6.45) is 0. The third-order valence-corrected chi connectivity index (χ3v) is 4.91. The van der Waals surface area contributed by atoms with Gasteiger partial charge in [-0.25, -0.2) is 0 Å². The number of nitrogens with zero attached hydrogens (tertiary/aromatic N) is 2. The van der Waals surface area contributed by atoms with E-state index >= 15 is 0 Å². The molecule has 0 bridgehead atoms. The fourth-order valence-electron chi connectivity index (χ4n) is 2.73. The first-order valence-corrected chi connectivity index (χ1v) is 9.41. The van der Waals surface area contributed by atoms with E-state index in [4.69, 9.17) is 16.3 Å². The Kier molecular flexibility index (Phi) is 6.16. The molecule has 1 aliphatic heterocycles. The molecule has 26 heavy (non-hydrogen) atoms. The Balaban J connectivity index is 1.49. The minimum atomic E-state index is -0.0884. The molecule has 0 N–H and O–H groups in total. The summed E-state index contributed by atoms with van der Waals surface area (Å²) in [4.78, 5) is 28.3. The van der Waals surface area contributed by atoms with Crippen molar-refractivity contribution in [3.8, 4) is 5.75 Å². The van der Waals surface area contributed by atoms with Crippen molar-refractivity contribution in [3.63, 3.8) is 0 Å². The first-order chi connectivity index (χ1) is 12.5. The SMILES string of the molecule is O=C(COc1ccc(Cl)cc1)N1CCN(C(=O)c2cccc(Br)c2)CC1. The predicted octanol–water partition coefficient (Wildman–Crippen LogP) is 3.47. The molecule has 0 aliphatic carbocycles. The quantitative estimate of drug-likeness (QED) is 0.736. The number of piperazine rings is 1. The summed E-state index contributed by atoms with van der Waals surface area (Å²) < 4.78 is 6.37. The lowest BCUT2D eigenvalue weighted by atomic mass is 10.2. The van der Waals surface area contributed by atoms with Crippen LogP contribution in [0.15, 0.2) is 53.0 Å². The van der Waals surface area contributed by atoms with Crippen molar-refractivity contribution in [2.75, 3.05) is 32.8 Å². The van der Waals surface area contributed by atoms with Crippen LogP contribution < -0.4 is 4.74 Å². The van der Waals surface area contributed by atoms with E-state index < -0.39 is 0 Å². The second-order valence-electron chi connectivity index (χ2n) is 5.93. The van der Waals surface area contributed by atoms with E-state index in [9.17, 15) is 9.59 Å². The molecule has 7 heteroatoms. The molecular formula is C19H18BrClN2O3. The van der Waals surface area contributed by atoms with E-state index in [1.807, 2.05) is 12.1 Å². The highest BCUT2D eigenvalue weighted by atomic mass is 79.9. The van der Waals surface area contributed by atoms with Gasteiger partial charge >= 0.3 is 0 Å². The van der Waals surface area contributed by atoms with Crippen LogP contribution in [0.4, 0.5) is 0 Å². The van der Waals surface area contributed by atoms with Gasteiger partial charge in [0, 0.05) is 41.2 Å². The van der Waals surface area contributed by atoms with E-state index in [0.29, 0.717) is 42.5 Å². The maximum Gasteiger partial charge on any atom is 0.260 e. The van der Waals surface area contributed by atoms with Crippen LogP contribution >= 0.6 is 27.5 Å². The normalized spacial score (nSPS) is 14.2. The Morgan fingerprint density at radius 1 is 1.00 bits per heavy atom. The maximum atomic E-state index is 12.5. The van der Waals surface area contributed by atoms with E-state index in [1.165, 1.54) is 0 Å². The number of carbonyl (C=O) groups excluding carboxylic acids is 2. The minimum absolute atomic E-state index is 0.0178. The molecule has 5 nitrogen and oxygen atoms in total. The molecule has 0 aromatic heterocycles. The summed E-state index contributed by atoms with van der Waals surface area (Å²) in [5.74, 6) is 0.497. The lowest BCUT2D eigenvalue weighted by Crippen LogP contribution is -2.51. The first-order valence-electron chi connectivity index (χ1n) is 8.24. The summed E-state index contributed by atoms with van der Waals surface area (Å²) in [7, 11) is 0. The Bertz CT molecular complexity index is 790. The molecular weight excluding hydrogens is 420 g/mol. The third-order valence-electron chi connectivity index (χ3n) is 4.17. The summed E-state index contributed by atoms with van der Waals surface area (Å²) in [6.45, 7) is 2.00. The van der Waals surface area contributed by atoms with Gasteiger partial charge in [-0.2, -0.15) is 0 Å². The monoisotopic (exact) mass is 436 g/mol. The lowest BCUT2D eigenvalue weighted by Gasteiger charge is -2.34. The highest BCUT2D eigenvalue weighted by Crippen LogP contribution is 2.17. The fraction of sp³-hybridized carbons (Fsp3) is 0.263. The van der Waals surface area contributed by atoms with Crippen molar-refractivity contribution in [2.24, 2.45) is 0 Å². The number of ether oxygens (including phenoxy) is 1. The molecule has 0 unspecified atom stereocenters. The number of hydrogen-bond acceptors (Lipinski definition) is 3. The first kappa shape index (κ1) is 18.7. The van der Waals surface area contributed by atoms with E-state index in [-0.39, 0.29) is 18.4 Å². The molecule has 3 rings (SSSR count). The van der Waals surface area contributed by atoms with Gasteiger partial charge in [-0.05, 0) is 42.5 Å². The van der Waals surface area contributed by atoms with Gasteiger partial charge in [-0.3, -0.25) is 9.59 Å². The molecule has 2 amide bonds. The summed E-state index contributed by atoms with van der Waals surface area (Å²) >= 11 is 9.20. The highest BCUT2D eigenvalue weighted by Gasteiger charge is 2.25. The number of carbonyl (C=O) groups is 2. The average molecular weight is 438 g/mol. The zero-order chi connectivity index (χ0) is 18.5. The van der Waals surface area contributed by atoms with Crippen molar-refractivity contribution in [1.82, 2.24) is 9.80 Å². The molecule has 136 valence electrons. The van der Waals surface area contributed by atoms with Crippen LogP contribution in [0.25, 0.3) is 0 Å². The number of halogens is 2. The third kappa shape index (κ3) is 4.77. The van der Waals surface area contributed by atoms with E-state index in [2.05, 4.69) is 15.9 Å². The van der Waals surface area contributed by atoms with Gasteiger partial charge in [-0.15, -0.1) is 0 Å². The molecule has 1 saturated heterocycles. The number of hydrogen-bond donors (Lipinski definition) is 0. The molecule has 1 fully saturated rings. The van der Waals surface area contributed by atoms with Gasteiger partial charge < -0.3 is 14.5 Å². The molecule has 0 saturated carbocycles. The van der Waals surface area contributed by atoms with E-state index in [1.54, 1.807) is 46.2 Å². The van der Waals surface area contributed by atoms with Gasteiger partial charge in [0.2, 0.25) is 0 Å². The molecule has 1 heterocycles. The molecule has 0 atom stereocenters. The second kappa shape index (κ2) is 8.56. The highest BCUT2D eigenvalue weighted by molar-refractivity contribution is 9.10. The average Bonchev–Trinajstić information content (AvgIpc) is 2.67. The van der Waals surface area contributed by atoms with Crippen molar-refractivity contribution in [2.45, 2.75) is 0 Å². The van der Waals surface area contributed by atoms with Crippen molar-refractivity contribution in [1.29, 1.82) is 0 Å². The van der Waals surface area contributed by atoms with Gasteiger partial charge in [-0.1, -0.05) is 33.6 Å². The van der Waals surface area contributed by atoms with Crippen LogP contribution in [0.2, 0.25) is 5.02 Å². The largest absolute Gasteiger partial charge is 0.484 e. The van der Waals surface area contributed by atoms with Crippen LogP contribution in [0.5, 0.6) is 5.75 Å². The summed E-state index contributed by atoms with van der Waals surface area (Å²) in [5, 5.41) is 0.620. The number of benzene rings is 2. The Hall–Kier alpha value is -2.05. The number of rotatable bonds is 4. The topological polar surface area (TPSA) is 49.9 Å². The summed E-state index contributed by atoms with van der Waals surface area (Å²) in [5.41, 5.74) is 0.644. The van der Waals surface area contributed by atoms with Crippen LogP contribution in [0, 0.1) is 0 Å². The number of amides is 2. The van der Waals surface area contributed by atoms with E-state index in [0.717, 1.165) is 4.47 Å². The van der Waals surface area contributed by atoms with Crippen molar-refractivity contribution in [3.05, 3.63) is 63.6 Å². The molecule has 0 spiro atoms. The van der Waals surface area contributed by atoms with Crippen LogP contribution in [-0.2, 0) is 4.79 Å². The molecule has 1 aliphatic rings. The zero-order valence-electron chi connectivity index (χ0n) is 14.0. The fourth-order valence-corrected chi connectivity index (χ4v) is 3.26. The smallest absolute Gasteiger partial charge is 0.260 e. The predicted molar refractivity (Wildman–Crippen MR) is 104 cm³/mol. The van der Waals surface area contributed by atoms with Crippen LogP contribution in [0.3, 0.4) is 0 Å². The lowest BCUT2D eigenvalue weighted by molar-refractivity contribution is -0.134. The van der Waals surface area contributed by atoms with Crippen LogP contribution in [-0.4, -0.2) is 54.4 Å². The molecule has 2 aromatic rings. The van der Waals surface area contributed by atoms with Gasteiger partial charge in [0.05, 0.1) is 0 Å². The Morgan fingerprint density at radius 3 is 2.31 bits per heavy atom. The van der Waals surface area contributed by atoms with Crippen molar-refractivity contribution < 1.29 is 14.3 Å². The molecule has 0 radical (unpaired) electrons. The second-order valence-corrected chi connectivity index (χ2v) is 7.28. The van der Waals surface area contributed by atoms with Gasteiger partial charge in [0.1, 0.15) is 5.75 Å². The van der Waals surface area contributed by atoms with Crippen LogP contribution in [0.1, 0.15) is 10.4 Å². The summed E-state index contributed by atoms with van der Waals surface area (Å²) in [6, 6.07) is 14.2. The minimum Gasteiger partial charge on any atom is -0.484 e. The zero-order valence-corrected chi connectivity index (χ0v) is 16.4. The van der Waals surface area contributed by atoms with Gasteiger partial charge in [0.25, 0.3) is 11.8 Å². The standard InChI is InChI=1S/C19H18BrClN2O3/c20-15-3-1-2-14(12-15)19(25)23-10-8-22(9-11-23)18(24)13-26-17-6-4-16(21)5-7-17/h1-7,12H,8-11,13H2. The Labute approximate surface area is 165 Å². The van der Waals surface area contributed by atoms with Gasteiger partial charge in [0.15, 0.2) is 6.61 Å². The Morgan fingerprint density at radius 2 is 1.65 bits per heavy atom. The van der Waals surface area contributed by atoms with Crippen molar-refractivity contribution >= 4 is 39.3 Å². The maximum absolute atomic E-state index is 12.5.